The number of nitrogens with one attached hydrogen (secondary N) is 1. The van der Waals surface area contributed by atoms with Crippen LogP contribution in [0.25, 0.3) is 0 Å². The molecule has 9 nitrogen and oxygen atoms in total. The van der Waals surface area contributed by atoms with Crippen molar-refractivity contribution in [1.29, 1.82) is 0 Å². The third kappa shape index (κ3) is 44.4. The average molecular weight is 915 g/mol. The maximum Gasteiger partial charge on any atom is 0.306 e. The second-order valence-electron chi connectivity index (χ2n) is 17.9. The minimum atomic E-state index is -4.71. The van der Waals surface area contributed by atoms with Gasteiger partial charge in [-0.25, -0.2) is 0 Å². The van der Waals surface area contributed by atoms with Gasteiger partial charge in [-0.05, 0) is 83.1 Å². The first kappa shape index (κ1) is 61.2. The van der Waals surface area contributed by atoms with Crippen molar-refractivity contribution in [2.24, 2.45) is 0 Å². The maximum absolute atomic E-state index is 13.4. The van der Waals surface area contributed by atoms with E-state index in [1.54, 1.807) is 6.08 Å². The summed E-state index contributed by atoms with van der Waals surface area (Å²) in [4.78, 5) is 39.5. The van der Waals surface area contributed by atoms with E-state index in [-0.39, 0.29) is 31.3 Å². The third-order valence-corrected chi connectivity index (χ3v) is 11.5. The van der Waals surface area contributed by atoms with Gasteiger partial charge in [0.05, 0.1) is 33.8 Å². The molecule has 3 unspecified atom stereocenters. The Balaban J connectivity index is 5.56. The maximum atomic E-state index is 13.4. The second kappa shape index (κ2) is 44.0. The zero-order valence-corrected chi connectivity index (χ0v) is 42.6. The Hall–Kier alpha value is -2.81. The molecular weight excluding hydrogens is 820 g/mol. The van der Waals surface area contributed by atoms with Crippen LogP contribution in [0.4, 0.5) is 0 Å². The Bertz CT molecular complexity index is 1380. The Morgan fingerprint density at radius 1 is 0.562 bits per heavy atom. The lowest BCUT2D eigenvalue weighted by molar-refractivity contribution is -0.870. The number of phosphoric acid groups is 1. The molecular formula is C54H95N2O7P. The van der Waals surface area contributed by atoms with Crippen molar-refractivity contribution < 1.29 is 37.3 Å². The van der Waals surface area contributed by atoms with Gasteiger partial charge in [-0.15, -0.1) is 0 Å². The van der Waals surface area contributed by atoms with E-state index in [4.69, 9.17) is 13.8 Å². The number of ether oxygens (including phenoxy) is 1. The Kier molecular flexibility index (Phi) is 42.1. The Labute approximate surface area is 393 Å². The van der Waals surface area contributed by atoms with Crippen molar-refractivity contribution in [3.63, 3.8) is 0 Å². The highest BCUT2D eigenvalue weighted by atomic mass is 31.2. The largest absolute Gasteiger partial charge is 0.756 e. The number of nitrogens with zero attached hydrogens (tertiary/aromatic N) is 1. The van der Waals surface area contributed by atoms with E-state index < -0.39 is 26.6 Å². The molecule has 0 aromatic rings. The normalized spacial score (nSPS) is 14.7. The van der Waals surface area contributed by atoms with Crippen LogP contribution in [0.2, 0.25) is 0 Å². The minimum Gasteiger partial charge on any atom is -0.756 e. The van der Waals surface area contributed by atoms with E-state index in [1.807, 2.05) is 39.4 Å². The molecule has 0 bridgehead atoms. The number of esters is 1. The number of rotatable bonds is 44. The lowest BCUT2D eigenvalue weighted by Crippen LogP contribution is -2.47. The fourth-order valence-electron chi connectivity index (χ4n) is 6.60. The van der Waals surface area contributed by atoms with E-state index in [1.165, 1.54) is 57.8 Å². The number of carbonyl (C=O) groups is 2. The number of carbonyl (C=O) groups excluding carboxylic acids is 2. The summed E-state index contributed by atoms with van der Waals surface area (Å²) in [7, 11) is 1.12. The van der Waals surface area contributed by atoms with Crippen molar-refractivity contribution in [1.82, 2.24) is 5.32 Å². The van der Waals surface area contributed by atoms with Gasteiger partial charge >= 0.3 is 5.97 Å². The standard InChI is InChI=1S/C54H95N2O7P/c1-7-10-13-16-19-22-25-26-27-28-29-32-34-37-40-43-46-53(57)55-51(50-62-64(59,60)61-49-48-56(4,5)6)52(45-42-39-36-33-30-23-20-17-14-11-8-2)63-54(58)47-44-41-38-35-31-24-21-18-15-12-9-3/h10,13,18-19,21-22,26-27,29,32,37,40,42,45,51-52H,7-9,11-12,14-17,20,23-25,28,30-31,33-36,38-39,41,43-44,46-50H2,1-6H3,(H-,55,57,59,60)/b13-10+,21-18-,22-19+,27-26+,32-29+,40-37+,45-42-. The predicted molar refractivity (Wildman–Crippen MR) is 270 cm³/mol. The van der Waals surface area contributed by atoms with Gasteiger partial charge in [-0.2, -0.15) is 0 Å². The summed E-state index contributed by atoms with van der Waals surface area (Å²) in [5.41, 5.74) is 0. The molecule has 368 valence electrons. The van der Waals surface area contributed by atoms with Gasteiger partial charge in [0.25, 0.3) is 7.82 Å². The number of phosphoric ester groups is 1. The number of hydrogen-bond donors (Lipinski definition) is 1. The van der Waals surface area contributed by atoms with Crippen molar-refractivity contribution in [3.8, 4) is 0 Å². The van der Waals surface area contributed by atoms with Crippen LogP contribution in [0.1, 0.15) is 194 Å². The van der Waals surface area contributed by atoms with Crippen molar-refractivity contribution in [2.45, 2.75) is 206 Å². The monoisotopic (exact) mass is 915 g/mol. The molecule has 10 heteroatoms. The first-order chi connectivity index (χ1) is 30.9. The van der Waals surface area contributed by atoms with Gasteiger partial charge in [0.2, 0.25) is 5.91 Å². The molecule has 0 aromatic heterocycles. The molecule has 0 aliphatic carbocycles. The zero-order chi connectivity index (χ0) is 47.3. The topological polar surface area (TPSA) is 114 Å². The summed E-state index contributed by atoms with van der Waals surface area (Å²) in [6, 6.07) is -0.932. The molecule has 0 heterocycles. The molecule has 0 radical (unpaired) electrons. The number of quaternary nitrogens is 1. The summed E-state index contributed by atoms with van der Waals surface area (Å²) < 4.78 is 30.0. The zero-order valence-electron chi connectivity index (χ0n) is 41.7. The highest BCUT2D eigenvalue weighted by molar-refractivity contribution is 7.45. The molecule has 64 heavy (non-hydrogen) atoms. The van der Waals surface area contributed by atoms with Crippen LogP contribution < -0.4 is 10.2 Å². The number of likely N-dealkylation sites (N-methyl/N-ethyl adjacent to an activating group) is 1. The highest BCUT2D eigenvalue weighted by Crippen LogP contribution is 2.38. The van der Waals surface area contributed by atoms with Crippen molar-refractivity contribution in [3.05, 3.63) is 85.1 Å². The molecule has 0 aromatic carbocycles. The highest BCUT2D eigenvalue weighted by Gasteiger charge is 2.27. The molecule has 1 N–H and O–H groups in total. The molecule has 0 aliphatic rings. The molecule has 0 saturated heterocycles. The molecule has 3 atom stereocenters. The first-order valence-electron chi connectivity index (χ1n) is 25.4. The van der Waals surface area contributed by atoms with Crippen LogP contribution in [0, 0.1) is 0 Å². The van der Waals surface area contributed by atoms with E-state index in [2.05, 4.69) is 86.8 Å². The van der Waals surface area contributed by atoms with Gasteiger partial charge in [0, 0.05) is 12.8 Å². The fraction of sp³-hybridized carbons (Fsp3) is 0.704. The summed E-state index contributed by atoms with van der Waals surface area (Å²) in [6.07, 6.45) is 55.7. The van der Waals surface area contributed by atoms with Crippen LogP contribution >= 0.6 is 7.82 Å². The van der Waals surface area contributed by atoms with E-state index >= 15 is 0 Å². The van der Waals surface area contributed by atoms with Crippen molar-refractivity contribution in [2.75, 3.05) is 40.9 Å². The van der Waals surface area contributed by atoms with E-state index in [0.717, 1.165) is 89.9 Å². The molecule has 0 fully saturated rings. The van der Waals surface area contributed by atoms with Crippen LogP contribution in [0.15, 0.2) is 85.1 Å². The summed E-state index contributed by atoms with van der Waals surface area (Å²) in [5, 5.41) is 2.95. The smallest absolute Gasteiger partial charge is 0.306 e. The molecule has 0 spiro atoms. The number of amides is 1. The lowest BCUT2D eigenvalue weighted by atomic mass is 10.1. The van der Waals surface area contributed by atoms with Gasteiger partial charge in [0.15, 0.2) is 0 Å². The second-order valence-corrected chi connectivity index (χ2v) is 19.3. The van der Waals surface area contributed by atoms with Gasteiger partial charge in [-0.1, -0.05) is 183 Å². The summed E-state index contributed by atoms with van der Waals surface area (Å²) in [6.45, 7) is 6.58. The van der Waals surface area contributed by atoms with E-state index in [0.29, 0.717) is 23.9 Å². The Morgan fingerprint density at radius 2 is 1.03 bits per heavy atom. The lowest BCUT2D eigenvalue weighted by Gasteiger charge is -2.30. The number of unbranched alkanes of at least 4 members (excludes halogenated alkanes) is 16. The minimum absolute atomic E-state index is 0.0404. The third-order valence-electron chi connectivity index (χ3n) is 10.6. The molecule has 0 saturated carbocycles. The Morgan fingerprint density at radius 3 is 1.58 bits per heavy atom. The SMILES string of the molecule is CC/C=C/C/C=C/C/C=C/C/C=C/C/C=C/CCC(=O)NC(COP(=O)([O-])OCC[N+](C)(C)C)C(/C=C\CCCCCCCCCCC)OC(=O)CCCCCCC/C=C\CCCC. The van der Waals surface area contributed by atoms with Crippen LogP contribution in [-0.4, -0.2) is 69.4 Å². The number of allylic oxidation sites excluding steroid dienone is 13. The van der Waals surface area contributed by atoms with Gasteiger partial charge in [-0.3, -0.25) is 14.2 Å². The number of hydrogen-bond acceptors (Lipinski definition) is 7. The summed E-state index contributed by atoms with van der Waals surface area (Å²) in [5.74, 6) is -0.659. The van der Waals surface area contributed by atoms with Gasteiger partial charge in [0.1, 0.15) is 19.3 Å². The van der Waals surface area contributed by atoms with Crippen molar-refractivity contribution >= 4 is 19.7 Å². The molecule has 0 rings (SSSR count). The average Bonchev–Trinajstić information content (AvgIpc) is 3.25. The quantitative estimate of drug-likeness (QED) is 0.0213. The first-order valence-corrected chi connectivity index (χ1v) is 26.9. The molecule has 0 aliphatic heterocycles. The fourth-order valence-corrected chi connectivity index (χ4v) is 7.33. The predicted octanol–water partition coefficient (Wildman–Crippen LogP) is 14.1. The molecule has 1 amide bonds. The van der Waals surface area contributed by atoms with Crippen LogP contribution in [0.5, 0.6) is 0 Å². The van der Waals surface area contributed by atoms with E-state index in [9.17, 15) is 19.0 Å². The summed E-state index contributed by atoms with van der Waals surface area (Å²) >= 11 is 0. The van der Waals surface area contributed by atoms with Crippen LogP contribution in [0.3, 0.4) is 0 Å². The van der Waals surface area contributed by atoms with Gasteiger partial charge < -0.3 is 28.5 Å². The van der Waals surface area contributed by atoms with Crippen LogP contribution in [-0.2, 0) is 27.9 Å².